The molecule has 1 N–H and O–H groups in total. The van der Waals surface area contributed by atoms with Gasteiger partial charge < -0.3 is 9.73 Å². The van der Waals surface area contributed by atoms with Gasteiger partial charge in [-0.25, -0.2) is 4.39 Å². The Morgan fingerprint density at radius 3 is 2.63 bits per heavy atom. The van der Waals surface area contributed by atoms with Crippen LogP contribution >= 0.6 is 0 Å². The third-order valence-electron chi connectivity index (χ3n) is 2.33. The smallest absolute Gasteiger partial charge is 0.419 e. The van der Waals surface area contributed by atoms with E-state index in [2.05, 4.69) is 15.5 Å². The molecule has 0 atom stereocenters. The molecule has 1 aromatic carbocycles. The summed E-state index contributed by atoms with van der Waals surface area (Å²) in [4.78, 5) is 0. The standard InChI is InChI=1S/C11H9F4N3O/c1-16-5-8-17-18-10(19-8)6-3-2-4-7(9(6)12)11(13,14)15/h2-4,16H,5H2,1H3. The summed E-state index contributed by atoms with van der Waals surface area (Å²) in [5.41, 5.74) is -1.73. The zero-order valence-corrected chi connectivity index (χ0v) is 9.75. The second-order valence-electron chi connectivity index (χ2n) is 3.70. The van der Waals surface area contributed by atoms with Gasteiger partial charge in [0.15, 0.2) is 0 Å². The van der Waals surface area contributed by atoms with Crippen molar-refractivity contribution < 1.29 is 22.0 Å². The molecule has 0 unspecified atom stereocenters. The highest BCUT2D eigenvalue weighted by molar-refractivity contribution is 5.55. The lowest BCUT2D eigenvalue weighted by molar-refractivity contribution is -0.139. The highest BCUT2D eigenvalue weighted by Crippen LogP contribution is 2.35. The maximum atomic E-state index is 13.8. The molecule has 0 bridgehead atoms. The molecule has 2 aromatic rings. The Morgan fingerprint density at radius 2 is 2.00 bits per heavy atom. The van der Waals surface area contributed by atoms with Gasteiger partial charge in [-0.05, 0) is 19.2 Å². The molecule has 0 fully saturated rings. The Hall–Kier alpha value is -1.96. The van der Waals surface area contributed by atoms with Crippen LogP contribution in [0.2, 0.25) is 0 Å². The van der Waals surface area contributed by atoms with Crippen molar-refractivity contribution in [1.82, 2.24) is 15.5 Å². The quantitative estimate of drug-likeness (QED) is 0.875. The summed E-state index contributed by atoms with van der Waals surface area (Å²) >= 11 is 0. The van der Waals surface area contributed by atoms with Crippen molar-refractivity contribution in [1.29, 1.82) is 0 Å². The predicted molar refractivity (Wildman–Crippen MR) is 57.5 cm³/mol. The van der Waals surface area contributed by atoms with Crippen LogP contribution in [0, 0.1) is 5.82 Å². The molecular weight excluding hydrogens is 266 g/mol. The van der Waals surface area contributed by atoms with Gasteiger partial charge in [0.05, 0.1) is 17.7 Å². The van der Waals surface area contributed by atoms with E-state index in [0.29, 0.717) is 6.07 Å². The minimum Gasteiger partial charge on any atom is -0.419 e. The molecule has 0 aliphatic rings. The van der Waals surface area contributed by atoms with Crippen LogP contribution < -0.4 is 5.32 Å². The first-order valence-electron chi connectivity index (χ1n) is 5.26. The maximum Gasteiger partial charge on any atom is 0.419 e. The number of rotatable bonds is 3. The van der Waals surface area contributed by atoms with Crippen LogP contribution in [0.3, 0.4) is 0 Å². The number of nitrogens with zero attached hydrogens (tertiary/aromatic N) is 2. The van der Waals surface area contributed by atoms with Crippen molar-refractivity contribution in [2.75, 3.05) is 7.05 Å². The van der Waals surface area contributed by atoms with Gasteiger partial charge in [0.1, 0.15) is 5.82 Å². The van der Waals surface area contributed by atoms with Gasteiger partial charge in [-0.3, -0.25) is 0 Å². The lowest BCUT2D eigenvalue weighted by atomic mass is 10.1. The van der Waals surface area contributed by atoms with Crippen LogP contribution in [0.25, 0.3) is 11.5 Å². The molecule has 8 heteroatoms. The molecule has 0 spiro atoms. The van der Waals surface area contributed by atoms with Gasteiger partial charge in [-0.1, -0.05) is 6.07 Å². The normalized spacial score (nSPS) is 11.8. The third kappa shape index (κ3) is 2.73. The Labute approximate surface area is 105 Å². The fourth-order valence-electron chi connectivity index (χ4n) is 1.50. The van der Waals surface area contributed by atoms with E-state index in [0.717, 1.165) is 12.1 Å². The van der Waals surface area contributed by atoms with Crippen molar-refractivity contribution in [2.24, 2.45) is 0 Å². The molecule has 4 nitrogen and oxygen atoms in total. The summed E-state index contributed by atoms with van der Waals surface area (Å²) in [6, 6.07) is 2.90. The highest BCUT2D eigenvalue weighted by atomic mass is 19.4. The van der Waals surface area contributed by atoms with Gasteiger partial charge in [0.25, 0.3) is 5.89 Å². The van der Waals surface area contributed by atoms with Gasteiger partial charge in [0.2, 0.25) is 5.89 Å². The molecule has 1 heterocycles. The first-order valence-corrected chi connectivity index (χ1v) is 5.26. The van der Waals surface area contributed by atoms with E-state index in [9.17, 15) is 17.6 Å². The lowest BCUT2D eigenvalue weighted by Crippen LogP contribution is -2.08. The van der Waals surface area contributed by atoms with Crippen molar-refractivity contribution >= 4 is 0 Å². The van der Waals surface area contributed by atoms with E-state index in [1.165, 1.54) is 0 Å². The minimum atomic E-state index is -4.77. The lowest BCUT2D eigenvalue weighted by Gasteiger charge is -2.09. The van der Waals surface area contributed by atoms with Crippen molar-refractivity contribution in [2.45, 2.75) is 12.7 Å². The van der Waals surface area contributed by atoms with Crippen LogP contribution in [0.15, 0.2) is 22.6 Å². The monoisotopic (exact) mass is 275 g/mol. The van der Waals surface area contributed by atoms with Gasteiger partial charge in [-0.2, -0.15) is 13.2 Å². The van der Waals surface area contributed by atoms with Crippen molar-refractivity contribution in [3.63, 3.8) is 0 Å². The minimum absolute atomic E-state index is 0.161. The second-order valence-corrected chi connectivity index (χ2v) is 3.70. The number of nitrogens with one attached hydrogen (secondary N) is 1. The van der Waals surface area contributed by atoms with E-state index in [1.54, 1.807) is 7.05 Å². The fraction of sp³-hybridized carbons (Fsp3) is 0.273. The molecular formula is C11H9F4N3O. The average Bonchev–Trinajstić information content (AvgIpc) is 2.76. The molecule has 0 saturated carbocycles. The maximum absolute atomic E-state index is 13.8. The van der Waals surface area contributed by atoms with Crippen LogP contribution in [-0.2, 0) is 12.7 Å². The number of benzene rings is 1. The van der Waals surface area contributed by atoms with Crippen LogP contribution in [-0.4, -0.2) is 17.2 Å². The molecule has 0 radical (unpaired) electrons. The number of halogens is 4. The Kier molecular flexibility index (Phi) is 3.52. The molecule has 0 amide bonds. The van der Waals surface area contributed by atoms with Gasteiger partial charge >= 0.3 is 6.18 Å². The van der Waals surface area contributed by atoms with E-state index in [1.807, 2.05) is 0 Å². The molecule has 0 saturated heterocycles. The van der Waals surface area contributed by atoms with E-state index < -0.39 is 17.6 Å². The number of alkyl halides is 3. The van der Waals surface area contributed by atoms with Crippen LogP contribution in [0.4, 0.5) is 17.6 Å². The Morgan fingerprint density at radius 1 is 1.26 bits per heavy atom. The third-order valence-corrected chi connectivity index (χ3v) is 2.33. The molecule has 0 aliphatic carbocycles. The SMILES string of the molecule is CNCc1nnc(-c2cccc(C(F)(F)F)c2F)o1. The van der Waals surface area contributed by atoms with E-state index >= 15 is 0 Å². The Balaban J connectivity index is 2.45. The second kappa shape index (κ2) is 4.96. The van der Waals surface area contributed by atoms with Crippen LogP contribution in [0.1, 0.15) is 11.5 Å². The first kappa shape index (κ1) is 13.5. The fourth-order valence-corrected chi connectivity index (χ4v) is 1.50. The summed E-state index contributed by atoms with van der Waals surface area (Å²) in [5.74, 6) is -1.54. The van der Waals surface area contributed by atoms with Crippen molar-refractivity contribution in [3.05, 3.63) is 35.5 Å². The zero-order chi connectivity index (χ0) is 14.0. The molecule has 19 heavy (non-hydrogen) atoms. The predicted octanol–water partition coefficient (Wildman–Crippen LogP) is 2.61. The number of hydrogen-bond donors (Lipinski definition) is 1. The van der Waals surface area contributed by atoms with Gasteiger partial charge in [0, 0.05) is 0 Å². The molecule has 102 valence electrons. The molecule has 0 aliphatic heterocycles. The summed E-state index contributed by atoms with van der Waals surface area (Å²) in [6.07, 6.45) is -4.77. The number of hydrogen-bond acceptors (Lipinski definition) is 4. The van der Waals surface area contributed by atoms with Crippen molar-refractivity contribution in [3.8, 4) is 11.5 Å². The highest BCUT2D eigenvalue weighted by Gasteiger charge is 2.35. The zero-order valence-electron chi connectivity index (χ0n) is 9.75. The first-order chi connectivity index (χ1) is 8.93. The largest absolute Gasteiger partial charge is 0.419 e. The van der Waals surface area contributed by atoms with E-state index in [-0.39, 0.29) is 23.9 Å². The van der Waals surface area contributed by atoms with Gasteiger partial charge in [-0.15, -0.1) is 10.2 Å². The summed E-state index contributed by atoms with van der Waals surface area (Å²) in [6.45, 7) is 0.244. The van der Waals surface area contributed by atoms with E-state index in [4.69, 9.17) is 4.42 Å². The summed E-state index contributed by atoms with van der Waals surface area (Å²) in [7, 11) is 1.63. The summed E-state index contributed by atoms with van der Waals surface area (Å²) < 4.78 is 56.5. The number of aromatic nitrogens is 2. The molecule has 2 rings (SSSR count). The molecule has 1 aromatic heterocycles. The topological polar surface area (TPSA) is 51.0 Å². The van der Waals surface area contributed by atoms with Crippen LogP contribution in [0.5, 0.6) is 0 Å². The Bertz CT molecular complexity index is 580. The average molecular weight is 275 g/mol. The summed E-state index contributed by atoms with van der Waals surface area (Å²) in [5, 5.41) is 9.84.